The van der Waals surface area contributed by atoms with Crippen molar-refractivity contribution in [3.05, 3.63) is 23.5 Å². The fraction of sp³-hybridized carbons (Fsp3) is 0.688. The van der Waals surface area contributed by atoms with E-state index in [4.69, 9.17) is 9.84 Å². The number of aliphatic hydroxyl groups is 2. The number of fused-ring (bicyclic) bond motifs is 1. The molecule has 0 aromatic carbocycles. The number of amides is 1. The van der Waals surface area contributed by atoms with Gasteiger partial charge < -0.3 is 19.8 Å². The molecule has 2 aliphatic heterocycles. The van der Waals surface area contributed by atoms with Gasteiger partial charge in [0.05, 0.1) is 31.7 Å². The van der Waals surface area contributed by atoms with Crippen LogP contribution < -0.4 is 0 Å². The number of hydrogen-bond acceptors (Lipinski definition) is 5. The van der Waals surface area contributed by atoms with Gasteiger partial charge in [-0.1, -0.05) is 6.08 Å². The van der Waals surface area contributed by atoms with Crippen LogP contribution in [0.3, 0.4) is 0 Å². The van der Waals surface area contributed by atoms with Gasteiger partial charge in [0.25, 0.3) is 5.91 Å². The third kappa shape index (κ3) is 2.91. The largest absolute Gasteiger partial charge is 0.500 e. The zero-order valence-corrected chi connectivity index (χ0v) is 12.8. The van der Waals surface area contributed by atoms with Crippen molar-refractivity contribution in [3.8, 4) is 0 Å². The van der Waals surface area contributed by atoms with Crippen LogP contribution in [0.2, 0.25) is 0 Å². The minimum atomic E-state index is 0.0475. The van der Waals surface area contributed by atoms with Crippen LogP contribution in [0, 0.1) is 11.8 Å². The number of carbonyl (C=O) groups is 1. The molecule has 6 heteroatoms. The summed E-state index contributed by atoms with van der Waals surface area (Å²) in [6, 6.07) is 0. The Morgan fingerprint density at radius 3 is 2.68 bits per heavy atom. The third-order valence-electron chi connectivity index (χ3n) is 4.99. The van der Waals surface area contributed by atoms with Crippen LogP contribution in [0.25, 0.3) is 0 Å². The highest BCUT2D eigenvalue weighted by Gasteiger charge is 2.39. The van der Waals surface area contributed by atoms with Crippen LogP contribution >= 0.6 is 0 Å². The Morgan fingerprint density at radius 2 is 2.00 bits per heavy atom. The maximum Gasteiger partial charge on any atom is 0.253 e. The molecule has 6 nitrogen and oxygen atoms in total. The fourth-order valence-electron chi connectivity index (χ4n) is 3.64. The first-order chi connectivity index (χ1) is 10.7. The monoisotopic (exact) mass is 308 g/mol. The number of rotatable bonds is 4. The van der Waals surface area contributed by atoms with Crippen molar-refractivity contribution >= 4 is 5.91 Å². The quantitative estimate of drug-likeness (QED) is 0.691. The van der Waals surface area contributed by atoms with Crippen LogP contribution in [0.4, 0.5) is 0 Å². The molecule has 0 bridgehead atoms. The molecule has 1 saturated heterocycles. The average Bonchev–Trinajstić information content (AvgIpc) is 2.98. The number of carbonyl (C=O) groups excluding carboxylic acids is 1. The lowest BCUT2D eigenvalue weighted by atomic mass is 9.84. The average molecular weight is 308 g/mol. The zero-order valence-electron chi connectivity index (χ0n) is 12.8. The van der Waals surface area contributed by atoms with Gasteiger partial charge in [0.1, 0.15) is 0 Å². The van der Waals surface area contributed by atoms with Crippen LogP contribution in [-0.2, 0) is 9.53 Å². The molecule has 122 valence electrons. The molecule has 22 heavy (non-hydrogen) atoms. The standard InChI is InChI=1S/C16H24N2O4/c19-8-7-17-3-5-18(6-4-17)16(21)15-11-22-10-14-12(9-20)1-2-13(14)15/h1,11,13-14,19-20H,2-10H2. The van der Waals surface area contributed by atoms with E-state index < -0.39 is 0 Å². The molecule has 2 unspecified atom stereocenters. The first-order valence-electron chi connectivity index (χ1n) is 7.98. The van der Waals surface area contributed by atoms with Gasteiger partial charge in [-0.25, -0.2) is 0 Å². The molecule has 3 aliphatic rings. The summed E-state index contributed by atoms with van der Waals surface area (Å²) >= 11 is 0. The number of piperazine rings is 1. The van der Waals surface area contributed by atoms with E-state index in [0.29, 0.717) is 26.2 Å². The normalized spacial score (nSPS) is 28.7. The number of aliphatic hydroxyl groups excluding tert-OH is 2. The number of ether oxygens (including phenoxy) is 1. The summed E-state index contributed by atoms with van der Waals surface area (Å²) in [5.41, 5.74) is 1.74. The van der Waals surface area contributed by atoms with Crippen molar-refractivity contribution in [2.45, 2.75) is 6.42 Å². The lowest BCUT2D eigenvalue weighted by Gasteiger charge is -2.37. The summed E-state index contributed by atoms with van der Waals surface area (Å²) in [4.78, 5) is 16.8. The predicted molar refractivity (Wildman–Crippen MR) is 80.9 cm³/mol. The SMILES string of the molecule is O=C(C1=COCC2C(CO)=CCC12)N1CCN(CCO)CC1. The highest BCUT2D eigenvalue weighted by molar-refractivity contribution is 5.94. The number of hydrogen-bond donors (Lipinski definition) is 2. The van der Waals surface area contributed by atoms with E-state index >= 15 is 0 Å². The molecular formula is C16H24N2O4. The van der Waals surface area contributed by atoms with Gasteiger partial charge in [-0.3, -0.25) is 9.69 Å². The maximum absolute atomic E-state index is 12.8. The molecule has 0 aromatic heterocycles. The highest BCUT2D eigenvalue weighted by Crippen LogP contribution is 2.40. The van der Waals surface area contributed by atoms with Crippen molar-refractivity contribution in [3.63, 3.8) is 0 Å². The Hall–Kier alpha value is -1.37. The minimum Gasteiger partial charge on any atom is -0.500 e. The van der Waals surface area contributed by atoms with Gasteiger partial charge in [0, 0.05) is 44.6 Å². The molecule has 2 atom stereocenters. The van der Waals surface area contributed by atoms with E-state index in [-0.39, 0.29) is 31.0 Å². The molecule has 0 radical (unpaired) electrons. The summed E-state index contributed by atoms with van der Waals surface area (Å²) in [5, 5.41) is 18.4. The van der Waals surface area contributed by atoms with Gasteiger partial charge in [0.2, 0.25) is 0 Å². The Bertz CT molecular complexity index is 481. The van der Waals surface area contributed by atoms with Crippen LogP contribution in [0.1, 0.15) is 6.42 Å². The Balaban J connectivity index is 1.62. The zero-order chi connectivity index (χ0) is 15.5. The van der Waals surface area contributed by atoms with Crippen LogP contribution in [-0.4, -0.2) is 78.5 Å². The molecule has 1 amide bonds. The van der Waals surface area contributed by atoms with Crippen LogP contribution in [0.15, 0.2) is 23.5 Å². The lowest BCUT2D eigenvalue weighted by molar-refractivity contribution is -0.130. The Morgan fingerprint density at radius 1 is 1.23 bits per heavy atom. The van der Waals surface area contributed by atoms with E-state index in [9.17, 15) is 9.90 Å². The van der Waals surface area contributed by atoms with Crippen molar-refractivity contribution in [2.24, 2.45) is 11.8 Å². The first kappa shape index (κ1) is 15.5. The first-order valence-corrected chi connectivity index (χ1v) is 7.98. The fourth-order valence-corrected chi connectivity index (χ4v) is 3.64. The molecular weight excluding hydrogens is 284 g/mol. The van der Waals surface area contributed by atoms with Crippen LogP contribution in [0.5, 0.6) is 0 Å². The topological polar surface area (TPSA) is 73.2 Å². The highest BCUT2D eigenvalue weighted by atomic mass is 16.5. The van der Waals surface area contributed by atoms with E-state index in [2.05, 4.69) is 4.90 Å². The molecule has 0 spiro atoms. The summed E-state index contributed by atoms with van der Waals surface area (Å²) in [6.07, 6.45) is 4.48. The van der Waals surface area contributed by atoms with E-state index in [1.54, 1.807) is 6.26 Å². The van der Waals surface area contributed by atoms with E-state index in [1.165, 1.54) is 0 Å². The van der Waals surface area contributed by atoms with Gasteiger partial charge in [-0.2, -0.15) is 0 Å². The molecule has 2 N–H and O–H groups in total. The third-order valence-corrected chi connectivity index (χ3v) is 4.99. The van der Waals surface area contributed by atoms with Crippen molar-refractivity contribution in [1.82, 2.24) is 9.80 Å². The Kier molecular flexibility index (Phi) is 4.81. The molecule has 2 heterocycles. The number of β-amino-alcohol motifs (C(OH)–C–C–N with tert-alkyl or cyclic N) is 1. The van der Waals surface area contributed by atoms with Gasteiger partial charge in [-0.05, 0) is 12.0 Å². The number of allylic oxidation sites excluding steroid dienone is 1. The lowest BCUT2D eigenvalue weighted by Crippen LogP contribution is -2.50. The summed E-state index contributed by atoms with van der Waals surface area (Å²) < 4.78 is 5.49. The van der Waals surface area contributed by atoms with E-state index in [0.717, 1.165) is 30.7 Å². The number of nitrogens with zero attached hydrogens (tertiary/aromatic N) is 2. The van der Waals surface area contributed by atoms with Crippen molar-refractivity contribution in [2.75, 3.05) is 52.5 Å². The molecule has 1 fully saturated rings. The van der Waals surface area contributed by atoms with E-state index in [1.807, 2.05) is 11.0 Å². The minimum absolute atomic E-state index is 0.0475. The molecule has 0 saturated carbocycles. The molecule has 3 rings (SSSR count). The molecule has 0 aromatic rings. The van der Waals surface area contributed by atoms with Gasteiger partial charge in [-0.15, -0.1) is 0 Å². The predicted octanol–water partition coefficient (Wildman–Crippen LogP) is -0.408. The van der Waals surface area contributed by atoms with Gasteiger partial charge in [0.15, 0.2) is 0 Å². The van der Waals surface area contributed by atoms with Crippen molar-refractivity contribution < 1.29 is 19.7 Å². The smallest absolute Gasteiger partial charge is 0.253 e. The molecule has 1 aliphatic carbocycles. The summed E-state index contributed by atoms with van der Waals surface area (Å²) in [7, 11) is 0. The maximum atomic E-state index is 12.8. The Labute approximate surface area is 130 Å². The second-order valence-electron chi connectivity index (χ2n) is 6.15. The van der Waals surface area contributed by atoms with Crippen molar-refractivity contribution in [1.29, 1.82) is 0 Å². The second kappa shape index (κ2) is 6.81. The second-order valence-corrected chi connectivity index (χ2v) is 6.15. The summed E-state index contributed by atoms with van der Waals surface area (Å²) in [5.74, 6) is 0.356. The van der Waals surface area contributed by atoms with Gasteiger partial charge >= 0.3 is 0 Å². The summed E-state index contributed by atoms with van der Waals surface area (Å²) in [6.45, 7) is 4.41.